The molecule has 24 nitrogen and oxygen atoms in total. The maximum Gasteiger partial charge on any atom is 0.261 e. The lowest BCUT2D eigenvalue weighted by Gasteiger charge is -2.14. The molecule has 0 radical (unpaired) electrons. The van der Waals surface area contributed by atoms with Gasteiger partial charge in [0.15, 0.2) is 0 Å². The number of thiophene rings is 4. The average Bonchev–Trinajstić information content (AvgIpc) is 1.38. The summed E-state index contributed by atoms with van der Waals surface area (Å²) in [6.07, 6.45) is 6.92. The number of amides is 3. The summed E-state index contributed by atoms with van der Waals surface area (Å²) in [5.74, 6) is 2.71. The van der Waals surface area contributed by atoms with Crippen LogP contribution in [0.5, 0.6) is 23.0 Å². The third-order valence-corrected chi connectivity index (χ3v) is 24.9. The van der Waals surface area contributed by atoms with Crippen LogP contribution < -0.4 is 63.1 Å². The van der Waals surface area contributed by atoms with Gasteiger partial charge in [-0.1, -0.05) is 113 Å². The fourth-order valence-corrected chi connectivity index (χ4v) is 19.9. The van der Waals surface area contributed by atoms with Crippen LogP contribution in [0, 0.1) is 0 Å². The molecule has 12 N–H and O–H groups in total. The number of anilines is 4. The molecule has 1 fully saturated rings. The van der Waals surface area contributed by atoms with Crippen LogP contribution in [0.15, 0.2) is 55.1 Å². The van der Waals surface area contributed by atoms with E-state index >= 15 is 0 Å². The van der Waals surface area contributed by atoms with E-state index in [0.29, 0.717) is 180 Å². The van der Waals surface area contributed by atoms with Gasteiger partial charge in [-0.05, 0) is 87.3 Å². The first kappa shape index (κ1) is 78.4. The van der Waals surface area contributed by atoms with Gasteiger partial charge in [-0.2, -0.15) is 0 Å². The summed E-state index contributed by atoms with van der Waals surface area (Å²) in [6, 6.07) is 14.0. The number of benzene rings is 4. The van der Waals surface area contributed by atoms with Gasteiger partial charge in [0.1, 0.15) is 42.3 Å². The number of rotatable bonds is 16. The molecule has 1 saturated heterocycles. The number of aromatic nitrogens is 8. The Balaban J connectivity index is 0.000000123. The number of nitrogens with one attached hydrogen (secondary N) is 4. The van der Waals surface area contributed by atoms with Gasteiger partial charge in [0.25, 0.3) is 17.7 Å². The molecule has 8 aromatic heterocycles. The number of nitrogens with two attached hydrogens (primary N) is 4. The van der Waals surface area contributed by atoms with E-state index in [1.54, 1.807) is 36.4 Å². The Labute approximate surface area is 685 Å². The van der Waals surface area contributed by atoms with E-state index in [-0.39, 0.29) is 41.5 Å². The Hall–Kier alpha value is -8.33. The number of carbonyl (C=O) groups is 3. The first-order valence-electron chi connectivity index (χ1n) is 34.8. The quantitative estimate of drug-likeness (QED) is 0.0445. The Bertz CT molecular complexity index is 5550. The van der Waals surface area contributed by atoms with Gasteiger partial charge in [0.2, 0.25) is 23.8 Å². The SMILES string of the molecule is C=C(NC)c1cc2c(-c3c(Cl)cc(Cl)c4c3CCO4)nc(N)nc2s1.CCCNC(=O)c1cc2c(-c3c(Cl)cc(Cl)c4c3CCO4)nc(N)nc2s1.CCCNC(=O)c1cc2c(-c3c(Cl)cc(Cl)c4c3CCO4)nc(N)nc2s1.Nc1nc(-c2c(Cl)cc(Cl)c3c2CCO3)c2cc(C(=O)NCCN3CCCC3)sc2n1. The van der Waals surface area contributed by atoms with Crippen LogP contribution in [0.25, 0.3) is 91.6 Å². The number of nitrogen functional groups attached to an aromatic ring is 4. The zero-order valence-electron chi connectivity index (χ0n) is 58.9. The number of fused-ring (bicyclic) bond motifs is 8. The number of halogens is 8. The minimum absolute atomic E-state index is 0.123. The number of nitrogens with zero attached hydrogens (tertiary/aromatic N) is 9. The monoisotopic (exact) mass is 1710 g/mol. The Morgan fingerprint density at radius 2 is 0.691 bits per heavy atom. The predicted octanol–water partition coefficient (Wildman–Crippen LogP) is 17.0. The molecular weight excluding hydrogens is 1650 g/mol. The summed E-state index contributed by atoms with van der Waals surface area (Å²) in [5, 5.41) is 18.7. The molecule has 0 saturated carbocycles. The molecule has 5 aliphatic rings. The van der Waals surface area contributed by atoms with Gasteiger partial charge < -0.3 is 68.0 Å². The normalized spacial score (nSPS) is 13.7. The molecule has 4 aromatic carbocycles. The van der Waals surface area contributed by atoms with Crippen molar-refractivity contribution in [3.63, 3.8) is 0 Å². The smallest absolute Gasteiger partial charge is 0.261 e. The third kappa shape index (κ3) is 15.9. The molecule has 36 heteroatoms. The lowest BCUT2D eigenvalue weighted by atomic mass is 10.00. The fraction of sp³-hybridized carbons (Fsp3) is 0.284. The molecule has 0 unspecified atom stereocenters. The van der Waals surface area contributed by atoms with Crippen LogP contribution in [0.2, 0.25) is 40.2 Å². The Morgan fingerprint density at radius 3 is 0.973 bits per heavy atom. The first-order valence-corrected chi connectivity index (χ1v) is 41.1. The standard InChI is InChI=1S/C21H21Cl2N5O2S.2C18H16Cl2N4O2S.C17H14Cl2N4OS/c22-13-10-14(23)18-11(3-8-30-18)16(13)17-12-9-15(31-20(12)27-21(24)26-17)19(29)25-4-7-28-5-1-2-6-28;2*1-2-4-22-16(25)12-6-9-14(23-18(21)24-17(9)27-12)13-8-3-5-26-15(8)11(20)7-10(13)19;1-7(21-2)12-5-9-14(22-17(20)23-16(9)25-12)13-8-3-4-24-15(8)11(19)6-10(13)18/h9-10H,1-8H2,(H,25,29)(H2,24,26,27);2*6-7H,2-5H2,1H3,(H,22,25)(H2,21,23,24);5-6,21H,1,3-4H2,2H3,(H2,20,22,23). The molecular formula is C74H67Cl8N17O7S4. The highest BCUT2D eigenvalue weighted by Gasteiger charge is 2.33. The number of carbonyl (C=O) groups excluding carboxylic acids is 3. The summed E-state index contributed by atoms with van der Waals surface area (Å²) in [7, 11) is 1.83. The molecule has 17 rings (SSSR count). The minimum atomic E-state index is -0.139. The maximum absolute atomic E-state index is 12.8. The van der Waals surface area contributed by atoms with Gasteiger partial charge in [-0.25, -0.2) is 39.9 Å². The highest BCUT2D eigenvalue weighted by Crippen LogP contribution is 2.51. The van der Waals surface area contributed by atoms with Crippen molar-refractivity contribution in [2.24, 2.45) is 0 Å². The van der Waals surface area contributed by atoms with Crippen molar-refractivity contribution >= 4 is 226 Å². The second-order valence-electron chi connectivity index (χ2n) is 25.6. The van der Waals surface area contributed by atoms with Gasteiger partial charge in [-0.3, -0.25) is 14.4 Å². The van der Waals surface area contributed by atoms with E-state index in [4.69, 9.17) is 135 Å². The van der Waals surface area contributed by atoms with Gasteiger partial charge in [0.05, 0.1) is 109 Å². The molecule has 3 amide bonds. The van der Waals surface area contributed by atoms with E-state index in [2.05, 4.69) is 72.6 Å². The molecule has 0 spiro atoms. The van der Waals surface area contributed by atoms with Crippen LogP contribution in [0.1, 0.15) is 95.7 Å². The van der Waals surface area contributed by atoms with Crippen LogP contribution in [0.3, 0.4) is 0 Å². The first-order chi connectivity index (χ1) is 53.0. The zero-order chi connectivity index (χ0) is 77.5. The summed E-state index contributed by atoms with van der Waals surface area (Å²) in [4.78, 5) is 80.3. The summed E-state index contributed by atoms with van der Waals surface area (Å²) >= 11 is 56.6. The van der Waals surface area contributed by atoms with Crippen LogP contribution >= 0.6 is 138 Å². The minimum Gasteiger partial charge on any atom is -0.491 e. The van der Waals surface area contributed by atoms with Gasteiger partial charge >= 0.3 is 0 Å². The Morgan fingerprint density at radius 1 is 0.418 bits per heavy atom. The summed E-state index contributed by atoms with van der Waals surface area (Å²) in [5.41, 5.74) is 33.7. The van der Waals surface area contributed by atoms with Crippen molar-refractivity contribution in [3.05, 3.63) is 137 Å². The van der Waals surface area contributed by atoms with Crippen molar-refractivity contribution in [2.75, 3.05) is 95.7 Å². The number of likely N-dealkylation sites (tertiary alicyclic amines) is 1. The van der Waals surface area contributed by atoms with Crippen LogP contribution in [-0.4, -0.2) is 135 Å². The average molecular weight is 1720 g/mol. The molecule has 0 atom stereocenters. The largest absolute Gasteiger partial charge is 0.491 e. The van der Waals surface area contributed by atoms with Gasteiger partial charge in [0, 0.05) is 131 Å². The summed E-state index contributed by atoms with van der Waals surface area (Å²) in [6.45, 7) is 15.1. The number of hydrogen-bond donors (Lipinski definition) is 8. The van der Waals surface area contributed by atoms with Crippen molar-refractivity contribution in [1.29, 1.82) is 0 Å². The lowest BCUT2D eigenvalue weighted by Crippen LogP contribution is -2.33. The Kier molecular flexibility index (Phi) is 23.9. The van der Waals surface area contributed by atoms with Crippen molar-refractivity contribution in [2.45, 2.75) is 65.2 Å². The van der Waals surface area contributed by atoms with Crippen LogP contribution in [0.4, 0.5) is 23.8 Å². The molecule has 12 aromatic rings. The van der Waals surface area contributed by atoms with Crippen molar-refractivity contribution in [3.8, 4) is 68.0 Å². The molecule has 110 heavy (non-hydrogen) atoms. The van der Waals surface area contributed by atoms with E-state index < -0.39 is 0 Å². The topological polar surface area (TPSA) is 347 Å². The molecule has 0 aliphatic carbocycles. The summed E-state index contributed by atoms with van der Waals surface area (Å²) < 4.78 is 22.6. The predicted molar refractivity (Wildman–Crippen MR) is 447 cm³/mol. The molecule has 0 bridgehead atoms. The molecule has 13 heterocycles. The van der Waals surface area contributed by atoms with Crippen LogP contribution in [-0.2, 0) is 25.7 Å². The maximum atomic E-state index is 12.8. The van der Waals surface area contributed by atoms with Gasteiger partial charge in [-0.15, -0.1) is 45.3 Å². The van der Waals surface area contributed by atoms with E-state index in [0.717, 1.165) is 120 Å². The van der Waals surface area contributed by atoms with E-state index in [1.165, 1.54) is 58.2 Å². The lowest BCUT2D eigenvalue weighted by molar-refractivity contribution is 0.0947. The fourth-order valence-electron chi connectivity index (χ4n) is 13.4. The van der Waals surface area contributed by atoms with E-state index in [9.17, 15) is 14.4 Å². The second-order valence-corrected chi connectivity index (χ2v) is 33.0. The zero-order valence-corrected chi connectivity index (χ0v) is 68.2. The van der Waals surface area contributed by atoms with Crippen molar-refractivity contribution < 1.29 is 33.3 Å². The second kappa shape index (κ2) is 33.5. The number of hydrogen-bond acceptors (Lipinski definition) is 25. The van der Waals surface area contributed by atoms with E-state index in [1.807, 2.05) is 33.0 Å². The third-order valence-electron chi connectivity index (χ3n) is 18.4. The van der Waals surface area contributed by atoms with Crippen molar-refractivity contribution in [1.82, 2.24) is 66.0 Å². The number of ether oxygens (including phenoxy) is 4. The highest BCUT2D eigenvalue weighted by atomic mass is 35.5. The molecule has 5 aliphatic heterocycles. The highest BCUT2D eigenvalue weighted by molar-refractivity contribution is 7.21. The molecule has 570 valence electrons.